The summed E-state index contributed by atoms with van der Waals surface area (Å²) in [6.45, 7) is 2.19. The summed E-state index contributed by atoms with van der Waals surface area (Å²) in [5, 5.41) is 15.0. The van der Waals surface area contributed by atoms with Crippen LogP contribution in [0.1, 0.15) is 22.4 Å². The molecule has 39 heavy (non-hydrogen) atoms. The molecule has 0 atom stereocenters. The first kappa shape index (κ1) is 25.9. The quantitative estimate of drug-likeness (QED) is 0.165. The zero-order chi connectivity index (χ0) is 27.2. The maximum absolute atomic E-state index is 9.79. The number of hydrogen-bond acceptors (Lipinski definition) is 5. The molecular weight excluding hydrogens is 506 g/mol. The number of rotatable bonds is 8. The van der Waals surface area contributed by atoms with Crippen LogP contribution in [0.25, 0.3) is 28.2 Å². The summed E-state index contributed by atoms with van der Waals surface area (Å²) in [6, 6.07) is 34.4. The molecule has 0 aliphatic carbocycles. The van der Waals surface area contributed by atoms with Gasteiger partial charge in [0.2, 0.25) is 0 Å². The molecule has 7 heteroatoms. The number of pyridine rings is 1. The third kappa shape index (κ3) is 5.60. The van der Waals surface area contributed by atoms with Gasteiger partial charge in [0.25, 0.3) is 0 Å². The maximum atomic E-state index is 9.79. The van der Waals surface area contributed by atoms with Crippen LogP contribution < -0.4 is 5.43 Å². The van der Waals surface area contributed by atoms with E-state index >= 15 is 0 Å². The van der Waals surface area contributed by atoms with Crippen molar-refractivity contribution in [2.24, 2.45) is 5.10 Å². The lowest BCUT2D eigenvalue weighted by Crippen LogP contribution is -2.04. The van der Waals surface area contributed by atoms with Gasteiger partial charge in [-0.05, 0) is 54.4 Å². The van der Waals surface area contributed by atoms with Crippen LogP contribution in [-0.2, 0) is 11.3 Å². The largest absolute Gasteiger partial charge is 0.380 e. The van der Waals surface area contributed by atoms with Crippen molar-refractivity contribution in [3.8, 4) is 34.3 Å². The van der Waals surface area contributed by atoms with Crippen molar-refractivity contribution in [2.75, 3.05) is 12.5 Å². The Morgan fingerprint density at radius 1 is 0.974 bits per heavy atom. The number of aryl methyl sites for hydroxylation is 1. The molecule has 5 rings (SSSR count). The minimum absolute atomic E-state index is 0.313. The van der Waals surface area contributed by atoms with E-state index in [-0.39, 0.29) is 0 Å². The van der Waals surface area contributed by atoms with Crippen LogP contribution in [0.3, 0.4) is 0 Å². The van der Waals surface area contributed by atoms with Crippen molar-refractivity contribution in [1.82, 2.24) is 9.55 Å². The van der Waals surface area contributed by atoms with Crippen molar-refractivity contribution in [3.05, 3.63) is 124 Å². The van der Waals surface area contributed by atoms with Gasteiger partial charge in [0.15, 0.2) is 5.82 Å². The van der Waals surface area contributed by atoms with Gasteiger partial charge in [-0.1, -0.05) is 72.3 Å². The second kappa shape index (κ2) is 11.8. The smallest absolute Gasteiger partial charge is 0.164 e. The second-order valence-electron chi connectivity index (χ2n) is 8.94. The number of nitrogens with one attached hydrogen (secondary N) is 1. The van der Waals surface area contributed by atoms with Crippen LogP contribution >= 0.6 is 11.6 Å². The van der Waals surface area contributed by atoms with E-state index in [0.717, 1.165) is 45.0 Å². The van der Waals surface area contributed by atoms with Crippen LogP contribution in [0.15, 0.2) is 102 Å². The highest BCUT2D eigenvalue weighted by atomic mass is 35.5. The number of halogens is 1. The van der Waals surface area contributed by atoms with Gasteiger partial charge in [-0.15, -0.1) is 0 Å². The van der Waals surface area contributed by atoms with Crippen LogP contribution in [0.2, 0.25) is 5.02 Å². The standard InChI is InChI=1S/C32H26ClN5O/c1-22-17-26(21-39-2)29(19-34)32(36-22)37-35-20-25-18-30(23-9-5-3-6-10-23)38(28-15-13-27(33)14-16-28)31(25)24-11-7-4-8-12-24/h3-18,20H,21H2,1-2H3,(H,36,37)/b35-20+. The predicted octanol–water partition coefficient (Wildman–Crippen LogP) is 7.63. The molecule has 0 spiro atoms. The van der Waals surface area contributed by atoms with Gasteiger partial charge in [0.1, 0.15) is 11.6 Å². The van der Waals surface area contributed by atoms with E-state index < -0.39 is 0 Å². The molecule has 192 valence electrons. The van der Waals surface area contributed by atoms with Gasteiger partial charge in [-0.3, -0.25) is 5.43 Å². The Bertz CT molecular complexity index is 1650. The molecule has 1 N–H and O–H groups in total. The lowest BCUT2D eigenvalue weighted by molar-refractivity contribution is 0.184. The molecule has 6 nitrogen and oxygen atoms in total. The minimum Gasteiger partial charge on any atom is -0.380 e. The summed E-state index contributed by atoms with van der Waals surface area (Å²) in [5.41, 5.74) is 10.9. The fourth-order valence-corrected chi connectivity index (χ4v) is 4.70. The Labute approximate surface area is 232 Å². The number of hydrogen-bond donors (Lipinski definition) is 1. The number of aromatic nitrogens is 2. The summed E-state index contributed by atoms with van der Waals surface area (Å²) in [5.74, 6) is 0.391. The number of nitrogens with zero attached hydrogens (tertiary/aromatic N) is 4. The first-order chi connectivity index (χ1) is 19.1. The molecule has 0 fully saturated rings. The number of benzene rings is 3. The first-order valence-corrected chi connectivity index (χ1v) is 12.8. The first-order valence-electron chi connectivity index (χ1n) is 12.4. The number of methoxy groups -OCH3 is 1. The lowest BCUT2D eigenvalue weighted by Gasteiger charge is -2.15. The van der Waals surface area contributed by atoms with Gasteiger partial charge < -0.3 is 9.30 Å². The lowest BCUT2D eigenvalue weighted by atomic mass is 10.1. The molecule has 2 heterocycles. The third-order valence-corrected chi connectivity index (χ3v) is 6.50. The molecule has 0 unspecified atom stereocenters. The Balaban J connectivity index is 1.66. The van der Waals surface area contributed by atoms with E-state index in [4.69, 9.17) is 16.3 Å². The zero-order valence-corrected chi connectivity index (χ0v) is 22.4. The average Bonchev–Trinajstić information content (AvgIpc) is 3.34. The van der Waals surface area contributed by atoms with Gasteiger partial charge in [0, 0.05) is 34.6 Å². The monoisotopic (exact) mass is 531 g/mol. The van der Waals surface area contributed by atoms with Crippen LogP contribution in [0.4, 0.5) is 5.82 Å². The summed E-state index contributed by atoms with van der Waals surface area (Å²) in [4.78, 5) is 4.50. The molecule has 5 aromatic rings. The van der Waals surface area contributed by atoms with E-state index in [1.807, 2.05) is 73.7 Å². The Morgan fingerprint density at radius 3 is 2.28 bits per heavy atom. The number of anilines is 1. The summed E-state index contributed by atoms with van der Waals surface area (Å²) in [6.07, 6.45) is 1.77. The van der Waals surface area contributed by atoms with Gasteiger partial charge in [0.05, 0.1) is 24.2 Å². The molecule has 0 saturated carbocycles. The molecule has 3 aromatic carbocycles. The number of hydrazone groups is 1. The van der Waals surface area contributed by atoms with Crippen molar-refractivity contribution in [3.63, 3.8) is 0 Å². The Hall–Kier alpha value is -4.70. The van der Waals surface area contributed by atoms with Gasteiger partial charge in [-0.2, -0.15) is 10.4 Å². The number of ether oxygens (including phenoxy) is 1. The molecular formula is C32H26ClN5O. The fourth-order valence-electron chi connectivity index (χ4n) is 4.58. The molecule has 0 aliphatic heterocycles. The average molecular weight is 532 g/mol. The van der Waals surface area contributed by atoms with Crippen LogP contribution in [0.5, 0.6) is 0 Å². The predicted molar refractivity (Wildman–Crippen MR) is 157 cm³/mol. The maximum Gasteiger partial charge on any atom is 0.164 e. The van der Waals surface area contributed by atoms with Crippen molar-refractivity contribution < 1.29 is 4.74 Å². The Morgan fingerprint density at radius 2 is 1.64 bits per heavy atom. The van der Waals surface area contributed by atoms with E-state index in [1.54, 1.807) is 13.3 Å². The zero-order valence-electron chi connectivity index (χ0n) is 21.6. The number of nitriles is 1. The Kier molecular flexibility index (Phi) is 7.83. The highest BCUT2D eigenvalue weighted by Crippen LogP contribution is 2.35. The van der Waals surface area contributed by atoms with E-state index in [1.165, 1.54) is 0 Å². The molecule has 0 amide bonds. The highest BCUT2D eigenvalue weighted by Gasteiger charge is 2.19. The van der Waals surface area contributed by atoms with Crippen molar-refractivity contribution in [1.29, 1.82) is 5.26 Å². The molecule has 2 aromatic heterocycles. The van der Waals surface area contributed by atoms with Crippen molar-refractivity contribution >= 4 is 23.6 Å². The van der Waals surface area contributed by atoms with Crippen molar-refractivity contribution in [2.45, 2.75) is 13.5 Å². The minimum atomic E-state index is 0.313. The van der Waals surface area contributed by atoms with Crippen LogP contribution in [-0.4, -0.2) is 22.9 Å². The molecule has 0 radical (unpaired) electrons. The fraction of sp³-hybridized carbons (Fsp3) is 0.0938. The summed E-state index contributed by atoms with van der Waals surface area (Å²) in [7, 11) is 1.60. The van der Waals surface area contributed by atoms with E-state index in [9.17, 15) is 5.26 Å². The van der Waals surface area contributed by atoms with Gasteiger partial charge >= 0.3 is 0 Å². The molecule has 0 aliphatic rings. The summed E-state index contributed by atoms with van der Waals surface area (Å²) >= 11 is 6.24. The van der Waals surface area contributed by atoms with Crippen LogP contribution in [0, 0.1) is 18.3 Å². The summed E-state index contributed by atoms with van der Waals surface area (Å²) < 4.78 is 7.48. The normalized spacial score (nSPS) is 11.0. The van der Waals surface area contributed by atoms with E-state index in [0.29, 0.717) is 23.0 Å². The molecule has 0 bridgehead atoms. The highest BCUT2D eigenvalue weighted by molar-refractivity contribution is 6.30. The van der Waals surface area contributed by atoms with Gasteiger partial charge in [-0.25, -0.2) is 4.98 Å². The van der Waals surface area contributed by atoms with E-state index in [2.05, 4.69) is 56.5 Å². The third-order valence-electron chi connectivity index (χ3n) is 6.25. The molecule has 0 saturated heterocycles. The second-order valence-corrected chi connectivity index (χ2v) is 9.38. The SMILES string of the molecule is COCc1cc(C)nc(N/N=C/c2cc(-c3ccccc3)n(-c3ccc(Cl)cc3)c2-c2ccccc2)c1C#N. The topological polar surface area (TPSA) is 75.2 Å².